The Morgan fingerprint density at radius 1 is 1.24 bits per heavy atom. The van der Waals surface area contributed by atoms with Gasteiger partial charge in [-0.15, -0.1) is 0 Å². The Morgan fingerprint density at radius 3 is 2.97 bits per heavy atom. The molecule has 3 aliphatic rings. The number of rotatable bonds is 7. The maximum absolute atomic E-state index is 12.6. The normalized spacial score (nSPS) is 28.8. The van der Waals surface area contributed by atoms with E-state index in [1.165, 1.54) is 0 Å². The van der Waals surface area contributed by atoms with E-state index >= 15 is 0 Å². The Morgan fingerprint density at radius 2 is 2.10 bits per heavy atom. The third kappa shape index (κ3) is 4.38. The van der Waals surface area contributed by atoms with E-state index in [2.05, 4.69) is 23.2 Å². The van der Waals surface area contributed by atoms with Crippen molar-refractivity contribution in [1.29, 1.82) is 0 Å². The Balaban J connectivity index is 1.54. The molecule has 0 unspecified atom stereocenters. The van der Waals surface area contributed by atoms with Gasteiger partial charge >= 0.3 is 0 Å². The average molecular weight is 403 g/mol. The highest BCUT2D eigenvalue weighted by Crippen LogP contribution is 2.50. The van der Waals surface area contributed by atoms with Gasteiger partial charge in [0.05, 0.1) is 12.1 Å². The molecule has 4 rings (SSSR count). The largest absolute Gasteiger partial charge is 0.454 e. The molecule has 2 aliphatic heterocycles. The summed E-state index contributed by atoms with van der Waals surface area (Å²) >= 11 is 0. The van der Waals surface area contributed by atoms with Crippen LogP contribution in [0.3, 0.4) is 0 Å². The van der Waals surface area contributed by atoms with Crippen LogP contribution in [0, 0.1) is 5.92 Å². The first-order chi connectivity index (χ1) is 14.1. The van der Waals surface area contributed by atoms with Crippen LogP contribution in [0.2, 0.25) is 0 Å². The van der Waals surface area contributed by atoms with E-state index in [1.54, 1.807) is 0 Å². The van der Waals surface area contributed by atoms with Crippen molar-refractivity contribution in [2.75, 3.05) is 26.4 Å². The van der Waals surface area contributed by atoms with Gasteiger partial charge in [0.15, 0.2) is 11.5 Å². The number of aliphatic hydroxyl groups is 1. The van der Waals surface area contributed by atoms with E-state index in [-0.39, 0.29) is 24.7 Å². The van der Waals surface area contributed by atoms with Crippen LogP contribution >= 0.6 is 0 Å². The molecule has 0 bridgehead atoms. The van der Waals surface area contributed by atoms with Gasteiger partial charge in [-0.2, -0.15) is 0 Å². The standard InChI is InChI=1S/C23H34N2O4/c1-2-3-6-12-24-21(26)15-25-13-11-23(27)10-5-4-7-18(23)22(25)17-8-9-19-20(14-17)29-16-28-19/h8-9,14,18,22,27H,2-7,10-13,15-16H2,1H3,(H,24,26)/t18-,22-,23-/m0/s1. The van der Waals surface area contributed by atoms with Gasteiger partial charge in [-0.25, -0.2) is 0 Å². The lowest BCUT2D eigenvalue weighted by Crippen LogP contribution is -2.56. The first kappa shape index (κ1) is 20.5. The summed E-state index contributed by atoms with van der Waals surface area (Å²) in [6.07, 6.45) is 8.11. The van der Waals surface area contributed by atoms with Crippen LogP contribution in [-0.4, -0.2) is 47.9 Å². The van der Waals surface area contributed by atoms with E-state index in [0.29, 0.717) is 6.54 Å². The Hall–Kier alpha value is -1.79. The van der Waals surface area contributed by atoms with Gasteiger partial charge in [0, 0.05) is 25.0 Å². The molecule has 0 aromatic heterocycles. The van der Waals surface area contributed by atoms with Gasteiger partial charge in [0.2, 0.25) is 12.7 Å². The van der Waals surface area contributed by atoms with E-state index < -0.39 is 5.60 Å². The van der Waals surface area contributed by atoms with Gasteiger partial charge < -0.3 is 19.9 Å². The van der Waals surface area contributed by atoms with E-state index in [1.807, 2.05) is 12.1 Å². The molecule has 0 radical (unpaired) electrons. The maximum atomic E-state index is 12.6. The number of carbonyl (C=O) groups is 1. The molecule has 2 fully saturated rings. The number of benzene rings is 1. The molecule has 6 nitrogen and oxygen atoms in total. The summed E-state index contributed by atoms with van der Waals surface area (Å²) in [5.74, 6) is 1.74. The minimum atomic E-state index is -0.632. The molecule has 1 aliphatic carbocycles. The summed E-state index contributed by atoms with van der Waals surface area (Å²) in [5.41, 5.74) is 0.478. The zero-order valence-electron chi connectivity index (χ0n) is 17.5. The zero-order valence-corrected chi connectivity index (χ0v) is 17.5. The van der Waals surface area contributed by atoms with Crippen molar-refractivity contribution in [3.63, 3.8) is 0 Å². The Labute approximate surface area is 173 Å². The number of likely N-dealkylation sites (tertiary alicyclic amines) is 1. The number of unbranched alkanes of at least 4 members (excludes halogenated alkanes) is 2. The number of hydrogen-bond acceptors (Lipinski definition) is 5. The molecule has 1 saturated heterocycles. The summed E-state index contributed by atoms with van der Waals surface area (Å²) in [7, 11) is 0. The third-order valence-electron chi connectivity index (χ3n) is 6.86. The fraction of sp³-hybridized carbons (Fsp3) is 0.696. The number of carbonyl (C=O) groups excluding carboxylic acids is 1. The predicted octanol–water partition coefficient (Wildman–Crippen LogP) is 3.39. The summed E-state index contributed by atoms with van der Waals surface area (Å²) in [6.45, 7) is 4.26. The highest BCUT2D eigenvalue weighted by Gasteiger charge is 2.49. The van der Waals surface area contributed by atoms with E-state index in [0.717, 1.165) is 81.5 Å². The molecule has 1 aromatic carbocycles. The predicted molar refractivity (Wildman–Crippen MR) is 111 cm³/mol. The maximum Gasteiger partial charge on any atom is 0.234 e. The number of nitrogens with zero attached hydrogens (tertiary/aromatic N) is 1. The molecule has 3 atom stereocenters. The second-order valence-corrected chi connectivity index (χ2v) is 8.79. The van der Waals surface area contributed by atoms with Crippen molar-refractivity contribution in [1.82, 2.24) is 10.2 Å². The number of hydrogen-bond donors (Lipinski definition) is 2. The van der Waals surface area contributed by atoms with Crippen molar-refractivity contribution in [2.45, 2.75) is 69.9 Å². The third-order valence-corrected chi connectivity index (χ3v) is 6.86. The second-order valence-electron chi connectivity index (χ2n) is 8.79. The van der Waals surface area contributed by atoms with Gasteiger partial charge in [0.25, 0.3) is 0 Å². The van der Waals surface area contributed by atoms with Crippen LogP contribution < -0.4 is 14.8 Å². The number of ether oxygens (including phenoxy) is 2. The van der Waals surface area contributed by atoms with Gasteiger partial charge in [-0.1, -0.05) is 38.7 Å². The highest BCUT2D eigenvalue weighted by atomic mass is 16.7. The molecule has 1 aromatic rings. The van der Waals surface area contributed by atoms with Gasteiger partial charge in [0.1, 0.15) is 0 Å². The summed E-state index contributed by atoms with van der Waals surface area (Å²) in [4.78, 5) is 14.9. The molecule has 2 N–H and O–H groups in total. The summed E-state index contributed by atoms with van der Waals surface area (Å²) < 4.78 is 11.1. The highest BCUT2D eigenvalue weighted by molar-refractivity contribution is 5.78. The molecular weight excluding hydrogens is 368 g/mol. The van der Waals surface area contributed by atoms with Crippen molar-refractivity contribution in [2.24, 2.45) is 5.92 Å². The molecule has 6 heteroatoms. The lowest BCUT2D eigenvalue weighted by atomic mass is 9.66. The van der Waals surface area contributed by atoms with Crippen molar-refractivity contribution < 1.29 is 19.4 Å². The van der Waals surface area contributed by atoms with Gasteiger partial charge in [-0.3, -0.25) is 9.69 Å². The first-order valence-corrected chi connectivity index (χ1v) is 11.2. The molecule has 29 heavy (non-hydrogen) atoms. The van der Waals surface area contributed by atoms with Crippen LogP contribution in [0.1, 0.15) is 69.9 Å². The fourth-order valence-electron chi connectivity index (χ4n) is 5.30. The summed E-state index contributed by atoms with van der Waals surface area (Å²) in [5, 5.41) is 14.5. The van der Waals surface area contributed by atoms with Crippen LogP contribution in [0.5, 0.6) is 11.5 Å². The zero-order chi connectivity index (χ0) is 20.3. The van der Waals surface area contributed by atoms with E-state index in [4.69, 9.17) is 9.47 Å². The molecular formula is C23H34N2O4. The van der Waals surface area contributed by atoms with Crippen LogP contribution in [0.15, 0.2) is 18.2 Å². The summed E-state index contributed by atoms with van der Waals surface area (Å²) in [6, 6.07) is 6.09. The lowest BCUT2D eigenvalue weighted by molar-refractivity contribution is -0.137. The Kier molecular flexibility index (Phi) is 6.30. The monoisotopic (exact) mass is 402 g/mol. The SMILES string of the molecule is CCCCCNC(=O)CN1CC[C@@]2(O)CCCC[C@H]2[C@@H]1c1ccc2c(c1)OCO2. The quantitative estimate of drug-likeness (QED) is 0.684. The van der Waals surface area contributed by atoms with E-state index in [9.17, 15) is 9.90 Å². The number of nitrogens with one attached hydrogen (secondary N) is 1. The molecule has 1 amide bonds. The molecule has 0 spiro atoms. The van der Waals surface area contributed by atoms with Crippen LogP contribution in [0.4, 0.5) is 0 Å². The fourth-order valence-corrected chi connectivity index (χ4v) is 5.30. The smallest absolute Gasteiger partial charge is 0.234 e. The minimum Gasteiger partial charge on any atom is -0.454 e. The number of fused-ring (bicyclic) bond motifs is 2. The minimum absolute atomic E-state index is 0.0185. The van der Waals surface area contributed by atoms with Crippen molar-refractivity contribution in [3.8, 4) is 11.5 Å². The van der Waals surface area contributed by atoms with Crippen LogP contribution in [-0.2, 0) is 4.79 Å². The molecule has 160 valence electrons. The molecule has 2 heterocycles. The lowest BCUT2D eigenvalue weighted by Gasteiger charge is -2.52. The number of amides is 1. The van der Waals surface area contributed by atoms with Crippen LogP contribution in [0.25, 0.3) is 0 Å². The Bertz CT molecular complexity index is 725. The van der Waals surface area contributed by atoms with Gasteiger partial charge in [-0.05, 0) is 43.4 Å². The number of piperidine rings is 1. The van der Waals surface area contributed by atoms with Crippen molar-refractivity contribution in [3.05, 3.63) is 23.8 Å². The first-order valence-electron chi connectivity index (χ1n) is 11.2. The average Bonchev–Trinajstić information content (AvgIpc) is 3.19. The molecule has 1 saturated carbocycles. The topological polar surface area (TPSA) is 71.0 Å². The van der Waals surface area contributed by atoms with Crippen molar-refractivity contribution >= 4 is 5.91 Å². The second kappa shape index (κ2) is 8.92.